The molecule has 1 unspecified atom stereocenters. The summed E-state index contributed by atoms with van der Waals surface area (Å²) < 4.78 is 5.24. The molecule has 0 saturated carbocycles. The lowest BCUT2D eigenvalue weighted by Crippen LogP contribution is -2.02. The predicted molar refractivity (Wildman–Crippen MR) is 73.1 cm³/mol. The molecule has 3 rings (SSSR count). The van der Waals surface area contributed by atoms with Crippen LogP contribution in [-0.4, -0.2) is 12.2 Å². The van der Waals surface area contributed by atoms with E-state index in [1.807, 2.05) is 36.4 Å². The first kappa shape index (κ1) is 11.6. The van der Waals surface area contributed by atoms with Crippen LogP contribution in [0.2, 0.25) is 0 Å². The Balaban J connectivity index is 2.14. The minimum atomic E-state index is -0.568. The Morgan fingerprint density at radius 1 is 1.17 bits per heavy atom. The highest BCUT2D eigenvalue weighted by Gasteiger charge is 2.22. The van der Waals surface area contributed by atoms with E-state index < -0.39 is 6.10 Å². The van der Waals surface area contributed by atoms with E-state index in [1.54, 1.807) is 18.9 Å². The molecule has 2 aromatic carbocycles. The van der Waals surface area contributed by atoms with Gasteiger partial charge in [0, 0.05) is 16.2 Å². The van der Waals surface area contributed by atoms with Gasteiger partial charge in [-0.15, -0.1) is 11.8 Å². The average Bonchev–Trinajstić information content (AvgIpc) is 2.57. The van der Waals surface area contributed by atoms with Crippen LogP contribution in [0.1, 0.15) is 22.8 Å². The topological polar surface area (TPSA) is 29.5 Å². The second-order valence-corrected chi connectivity index (χ2v) is 5.31. The summed E-state index contributed by atoms with van der Waals surface area (Å²) in [6.45, 7) is 0. The van der Waals surface area contributed by atoms with Gasteiger partial charge in [-0.05, 0) is 29.3 Å². The fourth-order valence-corrected chi connectivity index (χ4v) is 3.33. The van der Waals surface area contributed by atoms with Gasteiger partial charge in [-0.25, -0.2) is 0 Å². The quantitative estimate of drug-likeness (QED) is 0.850. The summed E-state index contributed by atoms with van der Waals surface area (Å²) in [7, 11) is 1.64. The lowest BCUT2D eigenvalue weighted by molar-refractivity contribution is 0.216. The average molecular weight is 258 g/mol. The SMILES string of the molecule is COc1ccc2c(c1)C(O)c1ccccc1CS2. The van der Waals surface area contributed by atoms with Gasteiger partial charge < -0.3 is 9.84 Å². The molecule has 1 atom stereocenters. The van der Waals surface area contributed by atoms with E-state index in [-0.39, 0.29) is 0 Å². The summed E-state index contributed by atoms with van der Waals surface area (Å²) in [4.78, 5) is 1.12. The van der Waals surface area contributed by atoms with Crippen LogP contribution >= 0.6 is 11.8 Å². The molecule has 1 aliphatic heterocycles. The normalized spacial score (nSPS) is 17.6. The molecule has 3 heteroatoms. The molecule has 0 aliphatic carbocycles. The predicted octanol–water partition coefficient (Wildman–Crippen LogP) is 3.38. The number of ether oxygens (including phenoxy) is 1. The van der Waals surface area contributed by atoms with E-state index in [2.05, 4.69) is 6.07 Å². The Hall–Kier alpha value is -1.45. The summed E-state index contributed by atoms with van der Waals surface area (Å²) >= 11 is 1.76. The summed E-state index contributed by atoms with van der Waals surface area (Å²) in [5.41, 5.74) is 3.13. The highest BCUT2D eigenvalue weighted by Crippen LogP contribution is 2.40. The summed E-state index contributed by atoms with van der Waals surface area (Å²) in [6, 6.07) is 13.9. The van der Waals surface area contributed by atoms with Gasteiger partial charge in [-0.1, -0.05) is 24.3 Å². The maximum atomic E-state index is 10.5. The standard InChI is InChI=1S/C15H14O2S/c1-17-11-6-7-14-13(8-11)15(16)12-5-3-2-4-10(12)9-18-14/h2-8,15-16H,9H2,1H3. The molecule has 0 saturated heterocycles. The highest BCUT2D eigenvalue weighted by atomic mass is 32.2. The largest absolute Gasteiger partial charge is 0.497 e. The van der Waals surface area contributed by atoms with Crippen LogP contribution in [0.25, 0.3) is 0 Å². The monoisotopic (exact) mass is 258 g/mol. The maximum Gasteiger partial charge on any atom is 0.119 e. The third kappa shape index (κ3) is 1.89. The molecule has 2 nitrogen and oxygen atoms in total. The molecule has 18 heavy (non-hydrogen) atoms. The number of rotatable bonds is 1. The zero-order chi connectivity index (χ0) is 12.5. The number of methoxy groups -OCH3 is 1. The van der Waals surface area contributed by atoms with Crippen molar-refractivity contribution in [1.29, 1.82) is 0 Å². The summed E-state index contributed by atoms with van der Waals surface area (Å²) in [5, 5.41) is 10.5. The molecular weight excluding hydrogens is 244 g/mol. The van der Waals surface area contributed by atoms with Gasteiger partial charge in [-0.3, -0.25) is 0 Å². The molecule has 1 N–H and O–H groups in total. The maximum absolute atomic E-state index is 10.5. The molecule has 0 spiro atoms. The van der Waals surface area contributed by atoms with Gasteiger partial charge in [0.15, 0.2) is 0 Å². The zero-order valence-electron chi connectivity index (χ0n) is 10.1. The number of hydrogen-bond donors (Lipinski definition) is 1. The molecule has 92 valence electrons. The first-order valence-electron chi connectivity index (χ1n) is 5.86. The van der Waals surface area contributed by atoms with Gasteiger partial charge in [0.25, 0.3) is 0 Å². The number of benzene rings is 2. The van der Waals surface area contributed by atoms with Gasteiger partial charge in [0.05, 0.1) is 7.11 Å². The number of thioether (sulfide) groups is 1. The molecule has 1 heterocycles. The summed E-state index contributed by atoms with van der Waals surface area (Å²) in [6.07, 6.45) is -0.568. The van der Waals surface area contributed by atoms with Crippen molar-refractivity contribution in [2.24, 2.45) is 0 Å². The number of aliphatic hydroxyl groups excluding tert-OH is 1. The van der Waals surface area contributed by atoms with E-state index in [1.165, 1.54) is 5.56 Å². The van der Waals surface area contributed by atoms with E-state index in [9.17, 15) is 5.11 Å². The number of fused-ring (bicyclic) bond motifs is 2. The van der Waals surface area contributed by atoms with Crippen LogP contribution in [-0.2, 0) is 5.75 Å². The van der Waals surface area contributed by atoms with Crippen LogP contribution in [0.5, 0.6) is 5.75 Å². The molecule has 0 aromatic heterocycles. The van der Waals surface area contributed by atoms with Gasteiger partial charge >= 0.3 is 0 Å². The van der Waals surface area contributed by atoms with E-state index in [0.717, 1.165) is 27.5 Å². The summed E-state index contributed by atoms with van der Waals surface area (Å²) in [5.74, 6) is 1.68. The fourth-order valence-electron chi connectivity index (χ4n) is 2.25. The third-order valence-corrected chi connectivity index (χ3v) is 4.38. The first-order chi connectivity index (χ1) is 8.79. The van der Waals surface area contributed by atoms with Crippen molar-refractivity contribution < 1.29 is 9.84 Å². The molecule has 0 radical (unpaired) electrons. The molecule has 0 amide bonds. The molecule has 0 bridgehead atoms. The van der Waals surface area contributed by atoms with Crippen LogP contribution in [0, 0.1) is 0 Å². The van der Waals surface area contributed by atoms with E-state index in [4.69, 9.17) is 4.74 Å². The smallest absolute Gasteiger partial charge is 0.119 e. The van der Waals surface area contributed by atoms with Crippen molar-refractivity contribution >= 4 is 11.8 Å². The van der Waals surface area contributed by atoms with Crippen molar-refractivity contribution in [1.82, 2.24) is 0 Å². The van der Waals surface area contributed by atoms with Crippen LogP contribution in [0.15, 0.2) is 47.4 Å². The highest BCUT2D eigenvalue weighted by molar-refractivity contribution is 7.98. The second-order valence-electron chi connectivity index (χ2n) is 4.29. The first-order valence-corrected chi connectivity index (χ1v) is 6.85. The molecule has 0 fully saturated rings. The van der Waals surface area contributed by atoms with Crippen molar-refractivity contribution in [3.05, 3.63) is 59.2 Å². The third-order valence-electron chi connectivity index (χ3n) is 3.24. The number of aliphatic hydroxyl groups is 1. The minimum absolute atomic E-state index is 0.568. The molecular formula is C15H14O2S. The molecule has 1 aliphatic rings. The van der Waals surface area contributed by atoms with Crippen molar-refractivity contribution in [3.63, 3.8) is 0 Å². The van der Waals surface area contributed by atoms with Gasteiger partial charge in [-0.2, -0.15) is 0 Å². The van der Waals surface area contributed by atoms with Gasteiger partial charge in [0.1, 0.15) is 11.9 Å². The Morgan fingerprint density at radius 3 is 2.83 bits per heavy atom. The Morgan fingerprint density at radius 2 is 2.00 bits per heavy atom. The Labute approximate surface area is 111 Å². The Bertz CT molecular complexity index is 580. The number of hydrogen-bond acceptors (Lipinski definition) is 3. The second kappa shape index (κ2) is 4.67. The van der Waals surface area contributed by atoms with Crippen LogP contribution in [0.4, 0.5) is 0 Å². The van der Waals surface area contributed by atoms with Crippen molar-refractivity contribution in [2.75, 3.05) is 7.11 Å². The van der Waals surface area contributed by atoms with Crippen LogP contribution < -0.4 is 4.74 Å². The molecule has 2 aromatic rings. The zero-order valence-corrected chi connectivity index (χ0v) is 10.9. The van der Waals surface area contributed by atoms with Crippen molar-refractivity contribution in [3.8, 4) is 5.75 Å². The van der Waals surface area contributed by atoms with Gasteiger partial charge in [0.2, 0.25) is 0 Å². The Kier molecular flexibility index (Phi) is 3.02. The van der Waals surface area contributed by atoms with E-state index >= 15 is 0 Å². The van der Waals surface area contributed by atoms with E-state index in [0.29, 0.717) is 0 Å². The van der Waals surface area contributed by atoms with Crippen LogP contribution in [0.3, 0.4) is 0 Å². The fraction of sp³-hybridized carbons (Fsp3) is 0.200. The minimum Gasteiger partial charge on any atom is -0.497 e. The van der Waals surface area contributed by atoms with Crippen molar-refractivity contribution in [2.45, 2.75) is 16.8 Å². The lowest BCUT2D eigenvalue weighted by atomic mass is 9.97. The lowest BCUT2D eigenvalue weighted by Gasteiger charge is -2.14.